The third kappa shape index (κ3) is 4.03. The lowest BCUT2D eigenvalue weighted by atomic mass is 9.79. The molecule has 1 aromatic rings. The zero-order chi connectivity index (χ0) is 19.4. The minimum atomic E-state index is -0.373. The van der Waals surface area contributed by atoms with Crippen molar-refractivity contribution in [3.05, 3.63) is 23.3 Å². The van der Waals surface area contributed by atoms with Gasteiger partial charge in [0.2, 0.25) is 11.8 Å². The van der Waals surface area contributed by atoms with Crippen LogP contribution in [0.5, 0.6) is 11.5 Å². The summed E-state index contributed by atoms with van der Waals surface area (Å²) in [7, 11) is 3.28. The van der Waals surface area contributed by atoms with E-state index >= 15 is 0 Å². The number of nitrogens with one attached hydrogen (secondary N) is 1. The molecule has 7 heteroatoms. The van der Waals surface area contributed by atoms with Crippen LogP contribution in [0, 0.1) is 0 Å². The highest BCUT2D eigenvalue weighted by Gasteiger charge is 2.42. The van der Waals surface area contributed by atoms with Crippen molar-refractivity contribution in [1.29, 1.82) is 0 Å². The van der Waals surface area contributed by atoms with Crippen molar-refractivity contribution in [1.82, 2.24) is 10.2 Å². The zero-order valence-corrected chi connectivity index (χ0v) is 16.3. The van der Waals surface area contributed by atoms with Crippen LogP contribution in [0.15, 0.2) is 12.1 Å². The molecule has 0 saturated carbocycles. The van der Waals surface area contributed by atoms with Crippen molar-refractivity contribution >= 4 is 11.8 Å². The van der Waals surface area contributed by atoms with E-state index in [1.165, 1.54) is 12.5 Å². The summed E-state index contributed by atoms with van der Waals surface area (Å²) in [5, 5.41) is 2.67. The van der Waals surface area contributed by atoms with Crippen molar-refractivity contribution < 1.29 is 23.8 Å². The first-order chi connectivity index (χ1) is 13.0. The molecule has 1 fully saturated rings. The van der Waals surface area contributed by atoms with Gasteiger partial charge in [-0.3, -0.25) is 9.59 Å². The van der Waals surface area contributed by atoms with Gasteiger partial charge in [-0.25, -0.2) is 0 Å². The lowest BCUT2D eigenvalue weighted by Gasteiger charge is -2.45. The first-order valence-electron chi connectivity index (χ1n) is 9.40. The van der Waals surface area contributed by atoms with Crippen LogP contribution in [-0.2, 0) is 26.3 Å². The maximum atomic E-state index is 12.4. The molecule has 2 amide bonds. The molecule has 0 bridgehead atoms. The number of hydrogen-bond donors (Lipinski definition) is 1. The van der Waals surface area contributed by atoms with Gasteiger partial charge >= 0.3 is 0 Å². The molecular formula is C20H28N2O5. The lowest BCUT2D eigenvalue weighted by Crippen LogP contribution is -2.48. The molecule has 0 atom stereocenters. The number of fused-ring (bicyclic) bond motifs is 2. The fourth-order valence-electron chi connectivity index (χ4n) is 4.02. The van der Waals surface area contributed by atoms with Gasteiger partial charge in [0.1, 0.15) is 0 Å². The Kier molecular flexibility index (Phi) is 5.89. The van der Waals surface area contributed by atoms with Gasteiger partial charge in [0.15, 0.2) is 11.5 Å². The van der Waals surface area contributed by atoms with Crippen LogP contribution in [0.4, 0.5) is 0 Å². The van der Waals surface area contributed by atoms with Crippen molar-refractivity contribution in [2.24, 2.45) is 0 Å². The van der Waals surface area contributed by atoms with Crippen LogP contribution in [0.2, 0.25) is 0 Å². The largest absolute Gasteiger partial charge is 0.493 e. The molecule has 0 aromatic heterocycles. The minimum Gasteiger partial charge on any atom is -0.493 e. The van der Waals surface area contributed by atoms with E-state index in [1.807, 2.05) is 17.0 Å². The van der Waals surface area contributed by atoms with Gasteiger partial charge in [0.05, 0.1) is 26.4 Å². The normalized spacial score (nSPS) is 18.0. The topological polar surface area (TPSA) is 77.1 Å². The van der Waals surface area contributed by atoms with Crippen LogP contribution in [-0.4, -0.2) is 57.2 Å². The van der Waals surface area contributed by atoms with E-state index < -0.39 is 0 Å². The number of methoxy groups -OCH3 is 2. The fraction of sp³-hybridized carbons (Fsp3) is 0.600. The smallest absolute Gasteiger partial charge is 0.224 e. The van der Waals surface area contributed by atoms with E-state index in [0.29, 0.717) is 38.4 Å². The van der Waals surface area contributed by atoms with Crippen molar-refractivity contribution in [3.63, 3.8) is 0 Å². The standard InChI is InChI=1S/C20H28N2O5/c1-14(23)21-8-4-19(24)22-9-6-20(7-10-22)16-13-18(26-3)17(25-2)12-15(16)5-11-27-20/h12-13H,4-11H2,1-3H3,(H,21,23). The summed E-state index contributed by atoms with van der Waals surface area (Å²) in [6.07, 6.45) is 2.68. The summed E-state index contributed by atoms with van der Waals surface area (Å²) in [4.78, 5) is 25.2. The molecule has 0 aliphatic carbocycles. The highest BCUT2D eigenvalue weighted by molar-refractivity contribution is 5.78. The molecule has 0 radical (unpaired) electrons. The molecule has 3 rings (SSSR count). The second kappa shape index (κ2) is 8.17. The van der Waals surface area contributed by atoms with E-state index in [9.17, 15) is 9.59 Å². The van der Waals surface area contributed by atoms with E-state index in [1.54, 1.807) is 14.2 Å². The molecular weight excluding hydrogens is 348 g/mol. The molecule has 0 unspecified atom stereocenters. The Morgan fingerprint density at radius 3 is 2.48 bits per heavy atom. The molecule has 2 aliphatic rings. The molecule has 1 saturated heterocycles. The number of amides is 2. The van der Waals surface area contributed by atoms with Gasteiger partial charge in [-0.15, -0.1) is 0 Å². The van der Waals surface area contributed by atoms with E-state index in [-0.39, 0.29) is 17.4 Å². The SMILES string of the molecule is COc1cc2c(cc1OC)C1(CCN(C(=O)CCNC(C)=O)CC1)OCC2. The maximum Gasteiger partial charge on any atom is 0.224 e. The number of hydrogen-bond acceptors (Lipinski definition) is 5. The van der Waals surface area contributed by atoms with Crippen molar-refractivity contribution in [2.45, 2.75) is 38.2 Å². The van der Waals surface area contributed by atoms with Crippen LogP contribution in [0.25, 0.3) is 0 Å². The molecule has 2 aliphatic heterocycles. The van der Waals surface area contributed by atoms with E-state index in [2.05, 4.69) is 5.32 Å². The van der Waals surface area contributed by atoms with Crippen LogP contribution in [0.3, 0.4) is 0 Å². The number of nitrogens with zero attached hydrogens (tertiary/aromatic N) is 1. The Hall–Kier alpha value is -2.28. The fourth-order valence-corrected chi connectivity index (χ4v) is 4.02. The average molecular weight is 376 g/mol. The first kappa shape index (κ1) is 19.5. The molecule has 7 nitrogen and oxygen atoms in total. The predicted molar refractivity (Wildman–Crippen MR) is 100.0 cm³/mol. The van der Waals surface area contributed by atoms with Gasteiger partial charge in [0, 0.05) is 33.0 Å². The second-order valence-electron chi connectivity index (χ2n) is 7.07. The summed E-state index contributed by atoms with van der Waals surface area (Å²) >= 11 is 0. The first-order valence-corrected chi connectivity index (χ1v) is 9.40. The van der Waals surface area contributed by atoms with E-state index in [0.717, 1.165) is 30.6 Å². The number of piperidine rings is 1. The lowest BCUT2D eigenvalue weighted by molar-refractivity contribution is -0.140. The third-order valence-electron chi connectivity index (χ3n) is 5.49. The molecule has 1 N–H and O–H groups in total. The van der Waals surface area contributed by atoms with Crippen molar-refractivity contribution in [3.8, 4) is 11.5 Å². The monoisotopic (exact) mass is 376 g/mol. The predicted octanol–water partition coefficient (Wildman–Crippen LogP) is 1.62. The highest BCUT2D eigenvalue weighted by Crippen LogP contribution is 2.45. The van der Waals surface area contributed by atoms with Gasteiger partial charge in [-0.2, -0.15) is 0 Å². The highest BCUT2D eigenvalue weighted by atomic mass is 16.5. The van der Waals surface area contributed by atoms with Crippen LogP contribution < -0.4 is 14.8 Å². The Labute approximate surface area is 160 Å². The Balaban J connectivity index is 1.71. The number of ether oxygens (including phenoxy) is 3. The van der Waals surface area contributed by atoms with Crippen LogP contribution >= 0.6 is 0 Å². The number of carbonyl (C=O) groups is 2. The summed E-state index contributed by atoms with van der Waals surface area (Å²) in [6.45, 7) is 3.79. The molecule has 1 spiro atoms. The molecule has 1 aromatic carbocycles. The zero-order valence-electron chi connectivity index (χ0n) is 16.3. The Morgan fingerprint density at radius 2 is 1.85 bits per heavy atom. The van der Waals surface area contributed by atoms with Gasteiger partial charge < -0.3 is 24.4 Å². The third-order valence-corrected chi connectivity index (χ3v) is 5.49. The van der Waals surface area contributed by atoms with E-state index in [4.69, 9.17) is 14.2 Å². The number of likely N-dealkylation sites (tertiary alicyclic amines) is 1. The minimum absolute atomic E-state index is 0.0712. The summed E-state index contributed by atoms with van der Waals surface area (Å²) in [5.74, 6) is 1.40. The Bertz CT molecular complexity index is 711. The number of rotatable bonds is 5. The molecule has 27 heavy (non-hydrogen) atoms. The summed E-state index contributed by atoms with van der Waals surface area (Å²) in [5.41, 5.74) is 2.00. The van der Waals surface area contributed by atoms with Gasteiger partial charge in [-0.1, -0.05) is 0 Å². The van der Waals surface area contributed by atoms with Gasteiger partial charge in [0.25, 0.3) is 0 Å². The average Bonchev–Trinajstić information content (AvgIpc) is 2.67. The van der Waals surface area contributed by atoms with Gasteiger partial charge in [-0.05, 0) is 42.5 Å². The van der Waals surface area contributed by atoms with Crippen LogP contribution in [0.1, 0.15) is 37.3 Å². The summed E-state index contributed by atoms with van der Waals surface area (Å²) < 4.78 is 17.2. The Morgan fingerprint density at radius 1 is 1.19 bits per heavy atom. The number of carbonyl (C=O) groups excluding carboxylic acids is 2. The molecule has 2 heterocycles. The quantitative estimate of drug-likeness (QED) is 0.845. The molecule has 148 valence electrons. The number of benzene rings is 1. The maximum absolute atomic E-state index is 12.4. The van der Waals surface area contributed by atoms with Crippen molar-refractivity contribution in [2.75, 3.05) is 40.5 Å². The second-order valence-corrected chi connectivity index (χ2v) is 7.07. The summed E-state index contributed by atoms with van der Waals surface area (Å²) in [6, 6.07) is 4.07.